The third kappa shape index (κ3) is 3.73. The van der Waals surface area contributed by atoms with Crippen LogP contribution in [-0.4, -0.2) is 33.8 Å². The molecule has 0 amide bonds. The first-order chi connectivity index (χ1) is 9.45. The second-order valence-electron chi connectivity index (χ2n) is 5.84. The van der Waals surface area contributed by atoms with Crippen LogP contribution in [0.25, 0.3) is 0 Å². The molecule has 0 aromatic heterocycles. The van der Waals surface area contributed by atoms with E-state index in [2.05, 4.69) is 17.6 Å². The lowest BCUT2D eigenvalue weighted by atomic mass is 9.81. The van der Waals surface area contributed by atoms with E-state index < -0.39 is 9.84 Å². The third-order valence-corrected chi connectivity index (χ3v) is 5.87. The molecule has 20 heavy (non-hydrogen) atoms. The maximum atomic E-state index is 11.7. The summed E-state index contributed by atoms with van der Waals surface area (Å²) in [5, 5.41) is 6.80. The van der Waals surface area contributed by atoms with E-state index in [0.717, 1.165) is 25.3 Å². The van der Waals surface area contributed by atoms with E-state index in [9.17, 15) is 8.42 Å². The SMILES string of the molecule is CCS(=O)(=O)c1ccc(NCC2(C)CCNCC2)cc1. The molecule has 0 spiro atoms. The fraction of sp³-hybridized carbons (Fsp3) is 0.600. The summed E-state index contributed by atoms with van der Waals surface area (Å²) in [4.78, 5) is 0.402. The lowest BCUT2D eigenvalue weighted by Gasteiger charge is -2.34. The summed E-state index contributed by atoms with van der Waals surface area (Å²) < 4.78 is 23.5. The molecule has 0 unspecified atom stereocenters. The van der Waals surface area contributed by atoms with Gasteiger partial charge in [-0.1, -0.05) is 13.8 Å². The lowest BCUT2D eigenvalue weighted by Crippen LogP contribution is -2.39. The Hall–Kier alpha value is -1.07. The van der Waals surface area contributed by atoms with Crippen molar-refractivity contribution in [2.24, 2.45) is 5.41 Å². The molecule has 0 saturated carbocycles. The Morgan fingerprint density at radius 3 is 2.35 bits per heavy atom. The van der Waals surface area contributed by atoms with Gasteiger partial charge in [-0.05, 0) is 55.6 Å². The fourth-order valence-electron chi connectivity index (χ4n) is 2.47. The highest BCUT2D eigenvalue weighted by Crippen LogP contribution is 2.28. The van der Waals surface area contributed by atoms with E-state index in [4.69, 9.17) is 0 Å². The normalized spacial score (nSPS) is 18.7. The van der Waals surface area contributed by atoms with Gasteiger partial charge in [0.25, 0.3) is 0 Å². The summed E-state index contributed by atoms with van der Waals surface area (Å²) in [5.74, 6) is 0.144. The zero-order valence-electron chi connectivity index (χ0n) is 12.3. The van der Waals surface area contributed by atoms with Gasteiger partial charge >= 0.3 is 0 Å². The standard InChI is InChI=1S/C15H24N2O2S/c1-3-20(18,19)14-6-4-13(5-7-14)17-12-15(2)8-10-16-11-9-15/h4-7,16-17H,3,8-12H2,1-2H3. The smallest absolute Gasteiger partial charge is 0.178 e. The summed E-state index contributed by atoms with van der Waals surface area (Å²) in [5.41, 5.74) is 1.30. The second-order valence-corrected chi connectivity index (χ2v) is 8.12. The summed E-state index contributed by atoms with van der Waals surface area (Å²) in [6.45, 7) is 7.04. The Labute approximate surface area is 121 Å². The molecule has 0 bridgehead atoms. The zero-order valence-corrected chi connectivity index (χ0v) is 13.1. The Balaban J connectivity index is 1.97. The van der Waals surface area contributed by atoms with Gasteiger partial charge in [0.1, 0.15) is 0 Å². The second kappa shape index (κ2) is 6.14. The van der Waals surface area contributed by atoms with Crippen LogP contribution >= 0.6 is 0 Å². The van der Waals surface area contributed by atoms with E-state index in [1.54, 1.807) is 19.1 Å². The minimum absolute atomic E-state index is 0.144. The molecule has 4 nitrogen and oxygen atoms in total. The fourth-order valence-corrected chi connectivity index (χ4v) is 3.35. The van der Waals surface area contributed by atoms with Crippen molar-refractivity contribution in [3.05, 3.63) is 24.3 Å². The van der Waals surface area contributed by atoms with Crippen LogP contribution in [0.3, 0.4) is 0 Å². The summed E-state index contributed by atoms with van der Waals surface area (Å²) in [7, 11) is -3.10. The highest BCUT2D eigenvalue weighted by Gasteiger charge is 2.26. The topological polar surface area (TPSA) is 58.2 Å². The van der Waals surface area contributed by atoms with Crippen molar-refractivity contribution in [3.8, 4) is 0 Å². The quantitative estimate of drug-likeness (QED) is 0.875. The maximum Gasteiger partial charge on any atom is 0.178 e. The monoisotopic (exact) mass is 296 g/mol. The predicted octanol–water partition coefficient (Wildman–Crippen LogP) is 2.28. The van der Waals surface area contributed by atoms with Crippen LogP contribution < -0.4 is 10.6 Å². The average molecular weight is 296 g/mol. The summed E-state index contributed by atoms with van der Waals surface area (Å²) in [6, 6.07) is 7.08. The minimum Gasteiger partial charge on any atom is -0.384 e. The lowest BCUT2D eigenvalue weighted by molar-refractivity contribution is 0.247. The zero-order chi connectivity index (χ0) is 14.6. The van der Waals surface area contributed by atoms with Crippen LogP contribution in [0.1, 0.15) is 26.7 Å². The molecule has 1 aliphatic heterocycles. The van der Waals surface area contributed by atoms with Gasteiger partial charge in [-0.3, -0.25) is 0 Å². The molecule has 0 radical (unpaired) electrons. The Morgan fingerprint density at radius 2 is 1.80 bits per heavy atom. The summed E-state index contributed by atoms with van der Waals surface area (Å²) in [6.07, 6.45) is 2.34. The van der Waals surface area contributed by atoms with Gasteiger partial charge in [-0.25, -0.2) is 8.42 Å². The highest BCUT2D eigenvalue weighted by molar-refractivity contribution is 7.91. The van der Waals surface area contributed by atoms with E-state index in [0.29, 0.717) is 10.3 Å². The highest BCUT2D eigenvalue weighted by atomic mass is 32.2. The Morgan fingerprint density at radius 1 is 1.20 bits per heavy atom. The predicted molar refractivity (Wildman–Crippen MR) is 82.9 cm³/mol. The van der Waals surface area contributed by atoms with Gasteiger partial charge in [-0.2, -0.15) is 0 Å². The molecule has 1 aromatic carbocycles. The number of rotatable bonds is 5. The molecular formula is C15H24N2O2S. The molecule has 5 heteroatoms. The first-order valence-corrected chi connectivity index (χ1v) is 8.88. The molecular weight excluding hydrogens is 272 g/mol. The Bertz CT molecular complexity index is 531. The number of nitrogens with one attached hydrogen (secondary N) is 2. The third-order valence-electron chi connectivity index (χ3n) is 4.12. The number of sulfone groups is 1. The van der Waals surface area contributed by atoms with E-state index >= 15 is 0 Å². The first-order valence-electron chi connectivity index (χ1n) is 7.23. The van der Waals surface area contributed by atoms with Gasteiger partial charge in [0, 0.05) is 12.2 Å². The van der Waals surface area contributed by atoms with Gasteiger partial charge < -0.3 is 10.6 Å². The van der Waals surface area contributed by atoms with Crippen LogP contribution in [0, 0.1) is 5.41 Å². The molecule has 2 N–H and O–H groups in total. The van der Waals surface area contributed by atoms with Crippen molar-refractivity contribution in [2.45, 2.75) is 31.6 Å². The van der Waals surface area contributed by atoms with Crippen molar-refractivity contribution < 1.29 is 8.42 Å². The number of anilines is 1. The number of hydrogen-bond acceptors (Lipinski definition) is 4. The van der Waals surface area contributed by atoms with Gasteiger partial charge in [0.15, 0.2) is 9.84 Å². The van der Waals surface area contributed by atoms with Crippen LogP contribution in [0.5, 0.6) is 0 Å². The van der Waals surface area contributed by atoms with Crippen LogP contribution in [-0.2, 0) is 9.84 Å². The molecule has 2 rings (SSSR count). The van der Waals surface area contributed by atoms with Gasteiger partial charge in [0.05, 0.1) is 10.6 Å². The van der Waals surface area contributed by atoms with Crippen molar-refractivity contribution in [1.29, 1.82) is 0 Å². The minimum atomic E-state index is -3.10. The van der Waals surface area contributed by atoms with Crippen molar-refractivity contribution in [1.82, 2.24) is 5.32 Å². The molecule has 1 fully saturated rings. The number of hydrogen-bond donors (Lipinski definition) is 2. The largest absolute Gasteiger partial charge is 0.384 e. The maximum absolute atomic E-state index is 11.7. The number of piperidine rings is 1. The van der Waals surface area contributed by atoms with Gasteiger partial charge in [0.2, 0.25) is 0 Å². The molecule has 0 aliphatic carbocycles. The van der Waals surface area contributed by atoms with Crippen molar-refractivity contribution >= 4 is 15.5 Å². The Kier molecular flexibility index (Phi) is 4.70. The molecule has 1 aromatic rings. The van der Waals surface area contributed by atoms with E-state index in [1.165, 1.54) is 12.8 Å². The molecule has 1 saturated heterocycles. The number of benzene rings is 1. The van der Waals surface area contributed by atoms with E-state index in [1.807, 2.05) is 12.1 Å². The average Bonchev–Trinajstić information content (AvgIpc) is 2.46. The molecule has 1 heterocycles. The molecule has 0 atom stereocenters. The van der Waals surface area contributed by atoms with Crippen LogP contribution in [0.15, 0.2) is 29.2 Å². The summed E-state index contributed by atoms with van der Waals surface area (Å²) >= 11 is 0. The van der Waals surface area contributed by atoms with Crippen molar-refractivity contribution in [2.75, 3.05) is 30.7 Å². The van der Waals surface area contributed by atoms with Crippen molar-refractivity contribution in [3.63, 3.8) is 0 Å². The first kappa shape index (κ1) is 15.3. The van der Waals surface area contributed by atoms with Crippen LogP contribution in [0.2, 0.25) is 0 Å². The van der Waals surface area contributed by atoms with Gasteiger partial charge in [-0.15, -0.1) is 0 Å². The molecule has 112 valence electrons. The van der Waals surface area contributed by atoms with Crippen LogP contribution in [0.4, 0.5) is 5.69 Å². The molecule has 1 aliphatic rings. The van der Waals surface area contributed by atoms with E-state index in [-0.39, 0.29) is 5.75 Å².